The second-order valence-electron chi connectivity index (χ2n) is 6.91. The minimum Gasteiger partial charge on any atom is -0.493 e. The molecular weight excluding hydrogens is 452 g/mol. The van der Waals surface area contributed by atoms with E-state index in [2.05, 4.69) is 26.4 Å². The predicted molar refractivity (Wildman–Crippen MR) is 122 cm³/mol. The smallest absolute Gasteiger partial charge is 0.248 e. The van der Waals surface area contributed by atoms with E-state index in [9.17, 15) is 9.59 Å². The van der Waals surface area contributed by atoms with Crippen LogP contribution in [0.4, 0.5) is 0 Å². The van der Waals surface area contributed by atoms with Crippen LogP contribution in [0.5, 0.6) is 5.75 Å². The normalized spacial score (nSPS) is 10.6. The number of benzene rings is 2. The molecule has 0 aliphatic rings. The van der Waals surface area contributed by atoms with Crippen LogP contribution < -0.4 is 15.6 Å². The predicted octanol–water partition coefficient (Wildman–Crippen LogP) is 3.03. The van der Waals surface area contributed by atoms with E-state index >= 15 is 0 Å². The number of amides is 2. The molecule has 1 aromatic heterocycles. The molecule has 0 saturated heterocycles. The summed E-state index contributed by atoms with van der Waals surface area (Å²) < 4.78 is 7.23. The summed E-state index contributed by atoms with van der Waals surface area (Å²) in [6.07, 6.45) is 0.718. The second-order valence-corrected chi connectivity index (χ2v) is 8.29. The van der Waals surface area contributed by atoms with Gasteiger partial charge in [-0.15, -0.1) is 5.10 Å². The molecule has 32 heavy (non-hydrogen) atoms. The number of para-hydroxylation sites is 1. The van der Waals surface area contributed by atoms with E-state index < -0.39 is 0 Å². The van der Waals surface area contributed by atoms with Gasteiger partial charge in [-0.1, -0.05) is 41.6 Å². The molecule has 0 bridgehead atoms. The van der Waals surface area contributed by atoms with E-state index in [1.54, 1.807) is 16.8 Å². The number of aromatic nitrogens is 4. The molecule has 0 unspecified atom stereocenters. The number of hydrazine groups is 1. The van der Waals surface area contributed by atoms with Crippen molar-refractivity contribution in [3.05, 3.63) is 58.6 Å². The Labute approximate surface area is 194 Å². The molecule has 1 heterocycles. The van der Waals surface area contributed by atoms with Gasteiger partial charge >= 0.3 is 0 Å². The average Bonchev–Trinajstić information content (AvgIpc) is 3.23. The quantitative estimate of drug-likeness (QED) is 0.278. The zero-order valence-corrected chi connectivity index (χ0v) is 19.2. The van der Waals surface area contributed by atoms with Gasteiger partial charge in [0.25, 0.3) is 0 Å². The molecule has 3 aromatic rings. The van der Waals surface area contributed by atoms with Crippen LogP contribution in [0.3, 0.4) is 0 Å². The zero-order valence-electron chi connectivity index (χ0n) is 17.7. The molecule has 0 spiro atoms. The fraction of sp³-hybridized carbons (Fsp3) is 0.286. The van der Waals surface area contributed by atoms with Gasteiger partial charge in [0, 0.05) is 11.4 Å². The number of tetrazole rings is 1. The molecule has 3 rings (SSSR count). The van der Waals surface area contributed by atoms with Crippen molar-refractivity contribution in [2.75, 3.05) is 12.4 Å². The second kappa shape index (κ2) is 11.5. The first-order valence-corrected chi connectivity index (χ1v) is 11.2. The maximum atomic E-state index is 12.1. The minimum atomic E-state index is -0.365. The molecular formula is C21H23ClN6O3S. The summed E-state index contributed by atoms with van der Waals surface area (Å²) in [4.78, 5) is 24.0. The Bertz CT molecular complexity index is 1090. The molecule has 168 valence electrons. The summed E-state index contributed by atoms with van der Waals surface area (Å²) >= 11 is 7.09. The van der Waals surface area contributed by atoms with Gasteiger partial charge in [0.05, 0.1) is 18.0 Å². The third-order valence-corrected chi connectivity index (χ3v) is 5.56. The number of hydrogen-bond acceptors (Lipinski definition) is 7. The Morgan fingerprint density at radius 1 is 1.09 bits per heavy atom. The van der Waals surface area contributed by atoms with Gasteiger partial charge in [0.2, 0.25) is 17.0 Å². The lowest BCUT2D eigenvalue weighted by Gasteiger charge is -2.10. The van der Waals surface area contributed by atoms with Crippen LogP contribution in [0.15, 0.2) is 47.6 Å². The summed E-state index contributed by atoms with van der Waals surface area (Å²) in [5.41, 5.74) is 7.58. The van der Waals surface area contributed by atoms with Crippen molar-refractivity contribution in [3.8, 4) is 11.4 Å². The highest BCUT2D eigenvalue weighted by atomic mass is 35.5. The van der Waals surface area contributed by atoms with E-state index in [1.807, 2.05) is 44.2 Å². The molecule has 0 saturated carbocycles. The molecule has 0 atom stereocenters. The Morgan fingerprint density at radius 3 is 2.66 bits per heavy atom. The van der Waals surface area contributed by atoms with Crippen molar-refractivity contribution in [1.82, 2.24) is 31.1 Å². The number of rotatable bonds is 9. The highest BCUT2D eigenvalue weighted by Crippen LogP contribution is 2.22. The SMILES string of the molecule is Cc1cc(Cl)ccc1OCCCC(=O)NNC(=O)CSc1nnnn1-c1ccccc1C. The Kier molecular flexibility index (Phi) is 8.46. The topological polar surface area (TPSA) is 111 Å². The van der Waals surface area contributed by atoms with E-state index in [-0.39, 0.29) is 24.0 Å². The number of carbonyl (C=O) groups is 2. The maximum absolute atomic E-state index is 12.1. The molecule has 2 aromatic carbocycles. The van der Waals surface area contributed by atoms with Crippen molar-refractivity contribution >= 4 is 35.2 Å². The third kappa shape index (κ3) is 6.69. The van der Waals surface area contributed by atoms with Crippen LogP contribution in [0, 0.1) is 13.8 Å². The summed E-state index contributed by atoms with van der Waals surface area (Å²) in [6, 6.07) is 13.0. The minimum absolute atomic E-state index is 0.0471. The number of ether oxygens (including phenoxy) is 1. The number of aryl methyl sites for hydroxylation is 2. The van der Waals surface area contributed by atoms with Crippen LogP contribution in [0.1, 0.15) is 24.0 Å². The number of nitrogens with zero attached hydrogens (tertiary/aromatic N) is 4. The fourth-order valence-corrected chi connectivity index (χ4v) is 3.69. The molecule has 11 heteroatoms. The number of thioether (sulfide) groups is 1. The first-order chi connectivity index (χ1) is 15.4. The van der Waals surface area contributed by atoms with Crippen LogP contribution in [-0.4, -0.2) is 44.4 Å². The van der Waals surface area contributed by atoms with Crippen molar-refractivity contribution in [2.24, 2.45) is 0 Å². The Balaban J connectivity index is 1.36. The van der Waals surface area contributed by atoms with Gasteiger partial charge in [0.1, 0.15) is 5.75 Å². The Morgan fingerprint density at radius 2 is 1.88 bits per heavy atom. The first-order valence-electron chi connectivity index (χ1n) is 9.88. The monoisotopic (exact) mass is 474 g/mol. The summed E-state index contributed by atoms with van der Waals surface area (Å²) in [6.45, 7) is 4.23. The van der Waals surface area contributed by atoms with Gasteiger partial charge in [-0.25, -0.2) is 0 Å². The molecule has 0 aliphatic heterocycles. The van der Waals surface area contributed by atoms with E-state index in [4.69, 9.17) is 16.3 Å². The van der Waals surface area contributed by atoms with Gasteiger partial charge in [-0.3, -0.25) is 20.4 Å². The van der Waals surface area contributed by atoms with Gasteiger partial charge in [0.15, 0.2) is 0 Å². The highest BCUT2D eigenvalue weighted by molar-refractivity contribution is 7.99. The molecule has 2 amide bonds. The lowest BCUT2D eigenvalue weighted by Crippen LogP contribution is -2.42. The summed E-state index contributed by atoms with van der Waals surface area (Å²) in [7, 11) is 0. The number of halogens is 1. The van der Waals surface area contributed by atoms with Crippen molar-refractivity contribution in [3.63, 3.8) is 0 Å². The highest BCUT2D eigenvalue weighted by Gasteiger charge is 2.13. The molecule has 0 radical (unpaired) electrons. The maximum Gasteiger partial charge on any atom is 0.248 e. The lowest BCUT2D eigenvalue weighted by atomic mass is 10.2. The van der Waals surface area contributed by atoms with Crippen LogP contribution in [-0.2, 0) is 9.59 Å². The van der Waals surface area contributed by atoms with E-state index in [0.29, 0.717) is 23.2 Å². The lowest BCUT2D eigenvalue weighted by molar-refractivity contribution is -0.127. The largest absolute Gasteiger partial charge is 0.493 e. The van der Waals surface area contributed by atoms with Crippen LogP contribution in [0.2, 0.25) is 5.02 Å². The first kappa shape index (κ1) is 23.6. The number of hydrogen-bond donors (Lipinski definition) is 2. The zero-order chi connectivity index (χ0) is 22.9. The Hall–Kier alpha value is -3.11. The third-order valence-electron chi connectivity index (χ3n) is 4.40. The van der Waals surface area contributed by atoms with Crippen LogP contribution >= 0.6 is 23.4 Å². The van der Waals surface area contributed by atoms with Gasteiger partial charge in [-0.05, 0) is 66.1 Å². The summed E-state index contributed by atoms with van der Waals surface area (Å²) in [5.74, 6) is 0.110. The van der Waals surface area contributed by atoms with Crippen molar-refractivity contribution < 1.29 is 14.3 Å². The summed E-state index contributed by atoms with van der Waals surface area (Å²) in [5, 5.41) is 12.8. The molecule has 9 nitrogen and oxygen atoms in total. The van der Waals surface area contributed by atoms with E-state index in [0.717, 1.165) is 22.6 Å². The van der Waals surface area contributed by atoms with Gasteiger partial charge in [-0.2, -0.15) is 4.68 Å². The average molecular weight is 475 g/mol. The number of carbonyl (C=O) groups excluding carboxylic acids is 2. The number of nitrogens with one attached hydrogen (secondary N) is 2. The van der Waals surface area contributed by atoms with Crippen molar-refractivity contribution in [1.29, 1.82) is 0 Å². The molecule has 2 N–H and O–H groups in total. The van der Waals surface area contributed by atoms with E-state index in [1.165, 1.54) is 11.8 Å². The van der Waals surface area contributed by atoms with Crippen molar-refractivity contribution in [2.45, 2.75) is 31.8 Å². The van der Waals surface area contributed by atoms with Crippen LogP contribution in [0.25, 0.3) is 5.69 Å². The fourth-order valence-electron chi connectivity index (χ4n) is 2.78. The molecule has 0 fully saturated rings. The van der Waals surface area contributed by atoms with Gasteiger partial charge < -0.3 is 4.74 Å². The molecule has 0 aliphatic carbocycles. The standard InChI is InChI=1S/C21H23ClN6O3S/c1-14-6-3-4-7-17(14)28-21(25-26-27-28)32-13-20(30)24-23-19(29)8-5-11-31-18-10-9-16(22)12-15(18)2/h3-4,6-7,9-10,12H,5,8,11,13H2,1-2H3,(H,23,29)(H,24,30).